The number of nitrogens with zero attached hydrogens (tertiary/aromatic N) is 3. The van der Waals surface area contributed by atoms with Gasteiger partial charge < -0.3 is 15.0 Å². The number of benzene rings is 1. The molecule has 0 atom stereocenters. The molecule has 3 fully saturated rings. The molecule has 0 bridgehead atoms. The van der Waals surface area contributed by atoms with E-state index in [1.165, 1.54) is 29.3 Å². The highest BCUT2D eigenvalue weighted by atomic mass is 16.5. The Morgan fingerprint density at radius 3 is 2.52 bits per heavy atom. The highest BCUT2D eigenvalue weighted by molar-refractivity contribution is 5.80. The Morgan fingerprint density at radius 2 is 1.83 bits per heavy atom. The molecule has 3 aliphatic rings. The second-order valence-corrected chi connectivity index (χ2v) is 9.06. The first-order valence-electron chi connectivity index (χ1n) is 11.3. The standard InChI is InChI=1S/C23H32N4O2/c1-29-21-7-5-19(6-8-21)25-23(28)26-12-10-20(11-13-26)27-22-9-4-17(16-2-3-16)14-18(22)15-24-27/h4,9,14-16,19-21H,2-3,5-8,10-13H2,1H3,(H,25,28)/t19-,21-. The summed E-state index contributed by atoms with van der Waals surface area (Å²) in [7, 11) is 1.78. The molecule has 2 aromatic rings. The quantitative estimate of drug-likeness (QED) is 0.842. The lowest BCUT2D eigenvalue weighted by Gasteiger charge is -2.35. The predicted octanol–water partition coefficient (Wildman–Crippen LogP) is 4.22. The monoisotopic (exact) mass is 396 g/mol. The fraction of sp³-hybridized carbons (Fsp3) is 0.652. The smallest absolute Gasteiger partial charge is 0.317 e. The van der Waals surface area contributed by atoms with Crippen molar-refractivity contribution in [3.63, 3.8) is 0 Å². The van der Waals surface area contributed by atoms with E-state index < -0.39 is 0 Å². The number of hydrogen-bond donors (Lipinski definition) is 1. The van der Waals surface area contributed by atoms with Crippen LogP contribution < -0.4 is 5.32 Å². The molecule has 2 aliphatic carbocycles. The van der Waals surface area contributed by atoms with E-state index >= 15 is 0 Å². The van der Waals surface area contributed by atoms with Crippen molar-refractivity contribution in [2.24, 2.45) is 0 Å². The molecule has 5 rings (SSSR count). The van der Waals surface area contributed by atoms with Crippen molar-refractivity contribution in [1.82, 2.24) is 20.0 Å². The maximum Gasteiger partial charge on any atom is 0.317 e. The van der Waals surface area contributed by atoms with E-state index in [9.17, 15) is 4.79 Å². The van der Waals surface area contributed by atoms with Crippen LogP contribution >= 0.6 is 0 Å². The summed E-state index contributed by atoms with van der Waals surface area (Å²) in [6.07, 6.45) is 11.1. The van der Waals surface area contributed by atoms with E-state index in [1.54, 1.807) is 7.11 Å². The molecule has 156 valence electrons. The summed E-state index contributed by atoms with van der Waals surface area (Å²) in [6.45, 7) is 1.59. The Labute approximate surface area is 172 Å². The van der Waals surface area contributed by atoms with Crippen LogP contribution in [0.15, 0.2) is 24.4 Å². The van der Waals surface area contributed by atoms with Gasteiger partial charge in [-0.2, -0.15) is 5.10 Å². The Hall–Kier alpha value is -2.08. The zero-order valence-electron chi connectivity index (χ0n) is 17.3. The molecule has 0 radical (unpaired) electrons. The van der Waals surface area contributed by atoms with Crippen molar-refractivity contribution in [3.05, 3.63) is 30.0 Å². The van der Waals surface area contributed by atoms with Crippen LogP contribution in [0.5, 0.6) is 0 Å². The van der Waals surface area contributed by atoms with Gasteiger partial charge in [-0.25, -0.2) is 4.79 Å². The Bertz CT molecular complexity index is 859. The summed E-state index contributed by atoms with van der Waals surface area (Å²) < 4.78 is 7.62. The second kappa shape index (κ2) is 7.98. The molecule has 6 nitrogen and oxygen atoms in total. The molecule has 1 aliphatic heterocycles. The molecule has 29 heavy (non-hydrogen) atoms. The van der Waals surface area contributed by atoms with Gasteiger partial charge in [-0.1, -0.05) is 6.07 Å². The Balaban J connectivity index is 1.16. The number of carbonyl (C=O) groups excluding carboxylic acids is 1. The number of carbonyl (C=O) groups is 1. The van der Waals surface area contributed by atoms with Gasteiger partial charge in [0.25, 0.3) is 0 Å². The van der Waals surface area contributed by atoms with Crippen molar-refractivity contribution < 1.29 is 9.53 Å². The third-order valence-corrected chi connectivity index (χ3v) is 7.10. The summed E-state index contributed by atoms with van der Waals surface area (Å²) in [4.78, 5) is 14.7. The van der Waals surface area contributed by atoms with Gasteiger partial charge in [0.2, 0.25) is 0 Å². The SMILES string of the molecule is CO[C@H]1CC[C@H](NC(=O)N2CCC(n3ncc4cc(C5CC5)ccc43)CC2)CC1. The minimum Gasteiger partial charge on any atom is -0.381 e. The number of rotatable bonds is 4. The fourth-order valence-corrected chi connectivity index (χ4v) is 5.06. The summed E-state index contributed by atoms with van der Waals surface area (Å²) in [6, 6.07) is 7.61. The van der Waals surface area contributed by atoms with E-state index in [2.05, 4.69) is 28.2 Å². The lowest BCUT2D eigenvalue weighted by atomic mass is 9.93. The number of piperidine rings is 1. The molecule has 0 unspecified atom stereocenters. The highest BCUT2D eigenvalue weighted by Crippen LogP contribution is 2.41. The number of urea groups is 1. The van der Waals surface area contributed by atoms with Gasteiger partial charge in [-0.3, -0.25) is 4.68 Å². The molecule has 6 heteroatoms. The average molecular weight is 397 g/mol. The Kier molecular flexibility index (Phi) is 5.20. The zero-order chi connectivity index (χ0) is 19.8. The van der Waals surface area contributed by atoms with Crippen LogP contribution in [0.25, 0.3) is 10.9 Å². The minimum absolute atomic E-state index is 0.101. The van der Waals surface area contributed by atoms with Crippen LogP contribution in [0, 0.1) is 0 Å². The lowest BCUT2D eigenvalue weighted by Crippen LogP contribution is -2.49. The van der Waals surface area contributed by atoms with Crippen molar-refractivity contribution in [3.8, 4) is 0 Å². The van der Waals surface area contributed by atoms with Crippen molar-refractivity contribution >= 4 is 16.9 Å². The molecule has 1 N–H and O–H groups in total. The van der Waals surface area contributed by atoms with E-state index in [0.717, 1.165) is 57.5 Å². The molecular weight excluding hydrogens is 364 g/mol. The summed E-state index contributed by atoms with van der Waals surface area (Å²) >= 11 is 0. The normalized spacial score (nSPS) is 26.0. The van der Waals surface area contributed by atoms with Crippen LogP contribution in [0.4, 0.5) is 4.79 Å². The number of aromatic nitrogens is 2. The molecule has 2 amide bonds. The summed E-state index contributed by atoms with van der Waals surface area (Å²) in [5.74, 6) is 0.772. The number of ether oxygens (including phenoxy) is 1. The van der Waals surface area contributed by atoms with E-state index in [-0.39, 0.29) is 6.03 Å². The van der Waals surface area contributed by atoms with Gasteiger partial charge in [0, 0.05) is 31.6 Å². The van der Waals surface area contributed by atoms with E-state index in [4.69, 9.17) is 9.84 Å². The second-order valence-electron chi connectivity index (χ2n) is 9.06. The van der Waals surface area contributed by atoms with Crippen molar-refractivity contribution in [1.29, 1.82) is 0 Å². The van der Waals surface area contributed by atoms with Gasteiger partial charge in [0.1, 0.15) is 0 Å². The zero-order valence-corrected chi connectivity index (χ0v) is 17.3. The topological polar surface area (TPSA) is 59.4 Å². The first kappa shape index (κ1) is 18.9. The van der Waals surface area contributed by atoms with Crippen LogP contribution in [0.2, 0.25) is 0 Å². The van der Waals surface area contributed by atoms with Gasteiger partial charge >= 0.3 is 6.03 Å². The van der Waals surface area contributed by atoms with Crippen LogP contribution in [-0.4, -0.2) is 53.1 Å². The van der Waals surface area contributed by atoms with Gasteiger partial charge in [0.05, 0.1) is 23.9 Å². The van der Waals surface area contributed by atoms with Gasteiger partial charge in [-0.15, -0.1) is 0 Å². The highest BCUT2D eigenvalue weighted by Gasteiger charge is 2.29. The molecule has 1 aromatic heterocycles. The van der Waals surface area contributed by atoms with E-state index in [1.807, 2.05) is 11.1 Å². The van der Waals surface area contributed by atoms with Crippen molar-refractivity contribution in [2.75, 3.05) is 20.2 Å². The molecular formula is C23H32N4O2. The first-order chi connectivity index (χ1) is 14.2. The third-order valence-electron chi connectivity index (χ3n) is 7.10. The maximum atomic E-state index is 12.7. The molecule has 2 heterocycles. The molecule has 2 saturated carbocycles. The number of likely N-dealkylation sites (tertiary alicyclic amines) is 1. The van der Waals surface area contributed by atoms with Crippen LogP contribution in [0.1, 0.15) is 68.9 Å². The minimum atomic E-state index is 0.101. The lowest BCUT2D eigenvalue weighted by molar-refractivity contribution is 0.0624. The summed E-state index contributed by atoms with van der Waals surface area (Å²) in [5, 5.41) is 9.20. The number of amides is 2. The van der Waals surface area contributed by atoms with Crippen LogP contribution in [0.3, 0.4) is 0 Å². The average Bonchev–Trinajstić information content (AvgIpc) is 3.53. The van der Waals surface area contributed by atoms with Gasteiger partial charge in [-0.05, 0) is 75.0 Å². The van der Waals surface area contributed by atoms with E-state index in [0.29, 0.717) is 18.2 Å². The molecule has 1 saturated heterocycles. The number of methoxy groups -OCH3 is 1. The van der Waals surface area contributed by atoms with Gasteiger partial charge in [0.15, 0.2) is 0 Å². The fourth-order valence-electron chi connectivity index (χ4n) is 5.06. The Morgan fingerprint density at radius 1 is 1.07 bits per heavy atom. The maximum absolute atomic E-state index is 12.7. The number of fused-ring (bicyclic) bond motifs is 1. The van der Waals surface area contributed by atoms with Crippen molar-refractivity contribution in [2.45, 2.75) is 75.5 Å². The number of nitrogens with one attached hydrogen (secondary N) is 1. The first-order valence-corrected chi connectivity index (χ1v) is 11.3. The van der Waals surface area contributed by atoms with Crippen LogP contribution in [-0.2, 0) is 4.74 Å². The largest absolute Gasteiger partial charge is 0.381 e. The molecule has 1 aromatic carbocycles. The third kappa shape index (κ3) is 4.00. The number of hydrogen-bond acceptors (Lipinski definition) is 3. The predicted molar refractivity (Wildman–Crippen MR) is 113 cm³/mol. The molecule has 0 spiro atoms. The summed E-state index contributed by atoms with van der Waals surface area (Å²) in [5.41, 5.74) is 2.69.